The molecule has 1 saturated heterocycles. The molecule has 0 saturated carbocycles. The van der Waals surface area contributed by atoms with Gasteiger partial charge in [0.2, 0.25) is 5.91 Å². The molecule has 1 atom stereocenters. The Morgan fingerprint density at radius 3 is 2.89 bits per heavy atom. The molecule has 0 radical (unpaired) electrons. The number of fused-ring (bicyclic) bond motifs is 1. The molecule has 102 valence electrons. The number of rotatable bonds is 1. The molecule has 2 heterocycles. The van der Waals surface area contributed by atoms with Gasteiger partial charge in [-0.15, -0.1) is 0 Å². The fraction of sp³-hybridized carbons (Fsp3) is 0.500. The minimum Gasteiger partial charge on any atom is -0.490 e. The molecule has 1 aromatic carbocycles. The van der Waals surface area contributed by atoms with Crippen LogP contribution < -0.4 is 20.1 Å². The molecular weight excluding hydrogens is 244 g/mol. The maximum absolute atomic E-state index is 11.6. The molecule has 0 aromatic heterocycles. The number of ether oxygens (including phenoxy) is 2. The van der Waals surface area contributed by atoms with Crippen LogP contribution in [0.1, 0.15) is 24.4 Å². The van der Waals surface area contributed by atoms with E-state index in [4.69, 9.17) is 9.47 Å². The van der Waals surface area contributed by atoms with Gasteiger partial charge in [0.25, 0.3) is 0 Å². The fourth-order valence-corrected chi connectivity index (χ4v) is 2.36. The van der Waals surface area contributed by atoms with Crippen molar-refractivity contribution in [2.24, 2.45) is 0 Å². The van der Waals surface area contributed by atoms with Gasteiger partial charge in [0.15, 0.2) is 11.5 Å². The maximum Gasteiger partial charge on any atom is 0.221 e. The SMILES string of the molecule is O=C1CCNCC(c2ccc3c(c2)OCCCO3)N1. The third-order valence-corrected chi connectivity index (χ3v) is 3.39. The molecule has 0 bridgehead atoms. The summed E-state index contributed by atoms with van der Waals surface area (Å²) in [6.45, 7) is 2.83. The van der Waals surface area contributed by atoms with Crippen LogP contribution in [0.3, 0.4) is 0 Å². The topological polar surface area (TPSA) is 59.6 Å². The zero-order chi connectivity index (χ0) is 13.1. The lowest BCUT2D eigenvalue weighted by molar-refractivity contribution is -0.121. The van der Waals surface area contributed by atoms with E-state index < -0.39 is 0 Å². The van der Waals surface area contributed by atoms with Gasteiger partial charge in [-0.2, -0.15) is 0 Å². The number of carbonyl (C=O) groups excluding carboxylic acids is 1. The number of amides is 1. The lowest BCUT2D eigenvalue weighted by Crippen LogP contribution is -2.30. The van der Waals surface area contributed by atoms with Crippen molar-refractivity contribution in [3.63, 3.8) is 0 Å². The molecule has 19 heavy (non-hydrogen) atoms. The zero-order valence-corrected chi connectivity index (χ0v) is 10.8. The van der Waals surface area contributed by atoms with Crippen LogP contribution in [0, 0.1) is 0 Å². The zero-order valence-electron chi connectivity index (χ0n) is 10.8. The van der Waals surface area contributed by atoms with E-state index in [0.29, 0.717) is 19.6 Å². The lowest BCUT2D eigenvalue weighted by atomic mass is 10.1. The van der Waals surface area contributed by atoms with Gasteiger partial charge in [0, 0.05) is 25.9 Å². The molecule has 5 nitrogen and oxygen atoms in total. The smallest absolute Gasteiger partial charge is 0.221 e. The first-order chi connectivity index (χ1) is 9.33. The van der Waals surface area contributed by atoms with Gasteiger partial charge in [-0.1, -0.05) is 6.07 Å². The lowest BCUT2D eigenvalue weighted by Gasteiger charge is -2.18. The first-order valence-corrected chi connectivity index (χ1v) is 6.72. The van der Waals surface area contributed by atoms with E-state index in [9.17, 15) is 4.79 Å². The largest absolute Gasteiger partial charge is 0.490 e. The summed E-state index contributed by atoms with van der Waals surface area (Å²) in [7, 11) is 0. The first kappa shape index (κ1) is 12.3. The summed E-state index contributed by atoms with van der Waals surface area (Å²) < 4.78 is 11.3. The van der Waals surface area contributed by atoms with Gasteiger partial charge in [0.05, 0.1) is 19.3 Å². The number of carbonyl (C=O) groups is 1. The average molecular weight is 262 g/mol. The van der Waals surface area contributed by atoms with Gasteiger partial charge >= 0.3 is 0 Å². The molecule has 0 spiro atoms. The summed E-state index contributed by atoms with van der Waals surface area (Å²) in [5.74, 6) is 1.64. The Labute approximate surface area is 112 Å². The summed E-state index contributed by atoms with van der Waals surface area (Å²) in [5, 5.41) is 6.28. The second-order valence-corrected chi connectivity index (χ2v) is 4.83. The molecule has 1 amide bonds. The quantitative estimate of drug-likeness (QED) is 0.792. The molecule has 2 aliphatic rings. The maximum atomic E-state index is 11.6. The van der Waals surface area contributed by atoms with Crippen molar-refractivity contribution in [1.29, 1.82) is 0 Å². The third-order valence-electron chi connectivity index (χ3n) is 3.39. The predicted octanol–water partition coefficient (Wildman–Crippen LogP) is 0.998. The highest BCUT2D eigenvalue weighted by Gasteiger charge is 2.20. The minimum absolute atomic E-state index is 0.00727. The van der Waals surface area contributed by atoms with E-state index in [-0.39, 0.29) is 11.9 Å². The number of hydrogen-bond donors (Lipinski definition) is 2. The van der Waals surface area contributed by atoms with E-state index in [1.165, 1.54) is 0 Å². The van der Waals surface area contributed by atoms with Crippen molar-refractivity contribution in [3.05, 3.63) is 23.8 Å². The second-order valence-electron chi connectivity index (χ2n) is 4.83. The van der Waals surface area contributed by atoms with E-state index in [2.05, 4.69) is 10.6 Å². The average Bonchev–Trinajstić information content (AvgIpc) is 2.77. The van der Waals surface area contributed by atoms with Crippen LogP contribution in [-0.2, 0) is 4.79 Å². The molecule has 1 aromatic rings. The van der Waals surface area contributed by atoms with Gasteiger partial charge in [-0.25, -0.2) is 0 Å². The van der Waals surface area contributed by atoms with Crippen LogP contribution >= 0.6 is 0 Å². The van der Waals surface area contributed by atoms with Crippen molar-refractivity contribution < 1.29 is 14.3 Å². The van der Waals surface area contributed by atoms with E-state index >= 15 is 0 Å². The minimum atomic E-state index is -0.00727. The first-order valence-electron chi connectivity index (χ1n) is 6.72. The van der Waals surface area contributed by atoms with Crippen LogP contribution in [0.25, 0.3) is 0 Å². The molecule has 1 fully saturated rings. The van der Waals surface area contributed by atoms with Crippen molar-refractivity contribution in [2.45, 2.75) is 18.9 Å². The van der Waals surface area contributed by atoms with E-state index in [1.54, 1.807) is 0 Å². The summed E-state index contributed by atoms with van der Waals surface area (Å²) in [5.41, 5.74) is 1.05. The third kappa shape index (κ3) is 2.81. The van der Waals surface area contributed by atoms with Crippen molar-refractivity contribution in [1.82, 2.24) is 10.6 Å². The van der Waals surface area contributed by atoms with Crippen LogP contribution in [0.4, 0.5) is 0 Å². The molecule has 5 heteroatoms. The Balaban J connectivity index is 1.84. The molecule has 3 rings (SSSR count). The number of hydrogen-bond acceptors (Lipinski definition) is 4. The summed E-state index contributed by atoms with van der Waals surface area (Å²) in [6.07, 6.45) is 1.42. The molecule has 2 aliphatic heterocycles. The van der Waals surface area contributed by atoms with Gasteiger partial charge in [-0.3, -0.25) is 4.79 Å². The molecule has 2 N–H and O–H groups in total. The van der Waals surface area contributed by atoms with Crippen LogP contribution in [-0.4, -0.2) is 32.2 Å². The Bertz CT molecular complexity index is 476. The highest BCUT2D eigenvalue weighted by molar-refractivity contribution is 5.77. The second kappa shape index (κ2) is 5.48. The highest BCUT2D eigenvalue weighted by atomic mass is 16.5. The standard InChI is InChI=1S/C14H18N2O3/c17-14-4-5-15-9-11(16-14)10-2-3-12-13(8-10)19-7-1-6-18-12/h2-3,8,11,15H,1,4-7,9H2,(H,16,17). The van der Waals surface area contributed by atoms with Crippen molar-refractivity contribution in [2.75, 3.05) is 26.3 Å². The van der Waals surface area contributed by atoms with Crippen molar-refractivity contribution >= 4 is 5.91 Å². The summed E-state index contributed by atoms with van der Waals surface area (Å²) in [6, 6.07) is 5.88. The Kier molecular flexibility index (Phi) is 3.55. The monoisotopic (exact) mass is 262 g/mol. The van der Waals surface area contributed by atoms with Gasteiger partial charge in [0.1, 0.15) is 0 Å². The van der Waals surface area contributed by atoms with E-state index in [1.807, 2.05) is 18.2 Å². The molecular formula is C14H18N2O3. The van der Waals surface area contributed by atoms with Gasteiger partial charge < -0.3 is 20.1 Å². The predicted molar refractivity (Wildman–Crippen MR) is 70.4 cm³/mol. The number of nitrogens with one attached hydrogen (secondary N) is 2. The Hall–Kier alpha value is -1.75. The molecule has 0 aliphatic carbocycles. The van der Waals surface area contributed by atoms with Crippen molar-refractivity contribution in [3.8, 4) is 11.5 Å². The number of benzene rings is 1. The summed E-state index contributed by atoms with van der Waals surface area (Å²) >= 11 is 0. The highest BCUT2D eigenvalue weighted by Crippen LogP contribution is 2.32. The normalized spacial score (nSPS) is 23.2. The van der Waals surface area contributed by atoms with Gasteiger partial charge in [-0.05, 0) is 17.7 Å². The van der Waals surface area contributed by atoms with Crippen LogP contribution in [0.5, 0.6) is 11.5 Å². The van der Waals surface area contributed by atoms with E-state index in [0.717, 1.165) is 36.6 Å². The fourth-order valence-electron chi connectivity index (χ4n) is 2.36. The summed E-state index contributed by atoms with van der Waals surface area (Å²) in [4.78, 5) is 11.6. The Morgan fingerprint density at radius 1 is 1.16 bits per heavy atom. The van der Waals surface area contributed by atoms with Crippen LogP contribution in [0.2, 0.25) is 0 Å². The van der Waals surface area contributed by atoms with Crippen LogP contribution in [0.15, 0.2) is 18.2 Å². The Morgan fingerprint density at radius 2 is 2.00 bits per heavy atom. The molecule has 1 unspecified atom stereocenters.